The smallest absolute Gasteiger partial charge is 0.272 e. The standard InChI is InChI=1S/C17H17FN2O2/c18-17-10-15(20(21)22)6-7-16(17)14-8-9-19(12-14)11-13-4-2-1-3-5-13/h1-7,10,14H,8-9,11-12H2/t14-/m0/s1. The highest BCUT2D eigenvalue weighted by Crippen LogP contribution is 2.31. The third kappa shape index (κ3) is 3.14. The van der Waals surface area contributed by atoms with Crippen LogP contribution >= 0.6 is 0 Å². The van der Waals surface area contributed by atoms with Crippen LogP contribution in [0.15, 0.2) is 48.5 Å². The van der Waals surface area contributed by atoms with E-state index in [1.54, 1.807) is 6.07 Å². The van der Waals surface area contributed by atoms with Crippen molar-refractivity contribution in [3.8, 4) is 0 Å². The zero-order chi connectivity index (χ0) is 15.5. The van der Waals surface area contributed by atoms with Crippen LogP contribution in [0.2, 0.25) is 0 Å². The van der Waals surface area contributed by atoms with Gasteiger partial charge in [0.25, 0.3) is 5.69 Å². The zero-order valence-electron chi connectivity index (χ0n) is 12.1. The van der Waals surface area contributed by atoms with Crippen molar-refractivity contribution >= 4 is 5.69 Å². The Morgan fingerprint density at radius 3 is 2.68 bits per heavy atom. The van der Waals surface area contributed by atoms with Gasteiger partial charge in [-0.1, -0.05) is 30.3 Å². The van der Waals surface area contributed by atoms with E-state index in [2.05, 4.69) is 17.0 Å². The lowest BCUT2D eigenvalue weighted by molar-refractivity contribution is -0.385. The number of hydrogen-bond donors (Lipinski definition) is 0. The van der Waals surface area contributed by atoms with Crippen LogP contribution in [-0.2, 0) is 6.54 Å². The fourth-order valence-corrected chi connectivity index (χ4v) is 3.03. The van der Waals surface area contributed by atoms with Crippen LogP contribution in [0.25, 0.3) is 0 Å². The number of nitro benzene ring substituents is 1. The van der Waals surface area contributed by atoms with Gasteiger partial charge in [0.1, 0.15) is 5.82 Å². The van der Waals surface area contributed by atoms with Crippen molar-refractivity contribution in [2.24, 2.45) is 0 Å². The van der Waals surface area contributed by atoms with Gasteiger partial charge in [0.2, 0.25) is 0 Å². The summed E-state index contributed by atoms with van der Waals surface area (Å²) in [5.41, 5.74) is 1.63. The zero-order valence-corrected chi connectivity index (χ0v) is 12.1. The predicted octanol–water partition coefficient (Wildman–Crippen LogP) is 3.72. The lowest BCUT2D eigenvalue weighted by atomic mass is 9.97. The van der Waals surface area contributed by atoms with Crippen LogP contribution in [-0.4, -0.2) is 22.9 Å². The molecular weight excluding hydrogens is 283 g/mol. The van der Waals surface area contributed by atoms with E-state index in [4.69, 9.17) is 0 Å². The summed E-state index contributed by atoms with van der Waals surface area (Å²) in [5.74, 6) is -0.370. The lowest BCUT2D eigenvalue weighted by Crippen LogP contribution is -2.19. The molecule has 5 heteroatoms. The number of nitro groups is 1. The van der Waals surface area contributed by atoms with Crippen LogP contribution < -0.4 is 0 Å². The number of halogens is 1. The Bertz CT molecular complexity index is 676. The summed E-state index contributed by atoms with van der Waals surface area (Å²) in [6, 6.07) is 14.2. The molecule has 2 aromatic rings. The number of hydrogen-bond acceptors (Lipinski definition) is 3. The van der Waals surface area contributed by atoms with Crippen LogP contribution in [0.5, 0.6) is 0 Å². The molecule has 0 unspecified atom stereocenters. The third-order valence-electron chi connectivity index (χ3n) is 4.16. The van der Waals surface area contributed by atoms with Crippen molar-refractivity contribution in [1.82, 2.24) is 4.90 Å². The fourth-order valence-electron chi connectivity index (χ4n) is 3.03. The van der Waals surface area contributed by atoms with Crippen molar-refractivity contribution in [3.63, 3.8) is 0 Å². The molecule has 3 rings (SSSR count). The number of non-ortho nitro benzene ring substituents is 1. The molecule has 0 aromatic heterocycles. The second kappa shape index (κ2) is 6.23. The Hall–Kier alpha value is -2.27. The van der Waals surface area contributed by atoms with Crippen LogP contribution in [0.3, 0.4) is 0 Å². The SMILES string of the molecule is O=[N+]([O-])c1ccc([C@H]2CCN(Cc3ccccc3)C2)c(F)c1. The molecule has 1 saturated heterocycles. The molecule has 0 spiro atoms. The molecule has 22 heavy (non-hydrogen) atoms. The predicted molar refractivity (Wildman–Crippen MR) is 82.1 cm³/mol. The number of benzene rings is 2. The van der Waals surface area contributed by atoms with Gasteiger partial charge in [-0.15, -0.1) is 0 Å². The molecule has 114 valence electrons. The Labute approximate surface area is 128 Å². The normalized spacial score (nSPS) is 18.5. The van der Waals surface area contributed by atoms with Gasteiger partial charge >= 0.3 is 0 Å². The van der Waals surface area contributed by atoms with Gasteiger partial charge in [0.05, 0.1) is 11.0 Å². The monoisotopic (exact) mass is 300 g/mol. The van der Waals surface area contributed by atoms with E-state index < -0.39 is 10.7 Å². The summed E-state index contributed by atoms with van der Waals surface area (Å²) in [5, 5.41) is 10.7. The first-order chi connectivity index (χ1) is 10.6. The van der Waals surface area contributed by atoms with E-state index >= 15 is 0 Å². The van der Waals surface area contributed by atoms with Crippen molar-refractivity contribution in [2.75, 3.05) is 13.1 Å². The van der Waals surface area contributed by atoms with E-state index in [-0.39, 0.29) is 11.6 Å². The van der Waals surface area contributed by atoms with E-state index in [0.29, 0.717) is 5.56 Å². The topological polar surface area (TPSA) is 46.4 Å². The highest BCUT2D eigenvalue weighted by molar-refractivity contribution is 5.36. The van der Waals surface area contributed by atoms with Gasteiger partial charge in [0.15, 0.2) is 0 Å². The summed E-state index contributed by atoms with van der Waals surface area (Å²) in [6.07, 6.45) is 0.877. The Morgan fingerprint density at radius 2 is 2.00 bits per heavy atom. The minimum atomic E-state index is -0.566. The maximum Gasteiger partial charge on any atom is 0.272 e. The maximum atomic E-state index is 14.1. The molecule has 1 atom stereocenters. The molecule has 2 aromatic carbocycles. The highest BCUT2D eigenvalue weighted by atomic mass is 19.1. The summed E-state index contributed by atoms with van der Waals surface area (Å²) in [4.78, 5) is 12.4. The first-order valence-corrected chi connectivity index (χ1v) is 7.33. The van der Waals surface area contributed by atoms with Crippen molar-refractivity contribution < 1.29 is 9.31 Å². The Kier molecular flexibility index (Phi) is 4.15. The van der Waals surface area contributed by atoms with Crippen LogP contribution in [0.4, 0.5) is 10.1 Å². The van der Waals surface area contributed by atoms with Gasteiger partial charge in [-0.05, 0) is 30.2 Å². The van der Waals surface area contributed by atoms with E-state index in [9.17, 15) is 14.5 Å². The van der Waals surface area contributed by atoms with Gasteiger partial charge in [-0.2, -0.15) is 0 Å². The van der Waals surface area contributed by atoms with Crippen molar-refractivity contribution in [1.29, 1.82) is 0 Å². The third-order valence-corrected chi connectivity index (χ3v) is 4.16. The quantitative estimate of drug-likeness (QED) is 0.638. The van der Waals surface area contributed by atoms with Gasteiger partial charge in [-0.25, -0.2) is 4.39 Å². The van der Waals surface area contributed by atoms with Crippen molar-refractivity contribution in [3.05, 3.63) is 75.6 Å². The largest absolute Gasteiger partial charge is 0.298 e. The lowest BCUT2D eigenvalue weighted by Gasteiger charge is -2.16. The molecule has 4 nitrogen and oxygen atoms in total. The van der Waals surface area contributed by atoms with Crippen LogP contribution in [0.1, 0.15) is 23.5 Å². The molecule has 0 saturated carbocycles. The van der Waals surface area contributed by atoms with Gasteiger partial charge in [-0.3, -0.25) is 15.0 Å². The van der Waals surface area contributed by atoms with E-state index in [0.717, 1.165) is 32.1 Å². The minimum Gasteiger partial charge on any atom is -0.298 e. The molecule has 1 heterocycles. The minimum absolute atomic E-state index is 0.101. The second-order valence-corrected chi connectivity index (χ2v) is 5.67. The first-order valence-electron chi connectivity index (χ1n) is 7.33. The summed E-state index contributed by atoms with van der Waals surface area (Å²) >= 11 is 0. The molecule has 0 radical (unpaired) electrons. The number of nitrogens with zero attached hydrogens (tertiary/aromatic N) is 2. The molecular formula is C17H17FN2O2. The summed E-state index contributed by atoms with van der Waals surface area (Å²) < 4.78 is 14.1. The average Bonchev–Trinajstić information content (AvgIpc) is 2.96. The Morgan fingerprint density at radius 1 is 1.23 bits per heavy atom. The molecule has 1 aliphatic rings. The van der Waals surface area contributed by atoms with Crippen molar-refractivity contribution in [2.45, 2.75) is 18.9 Å². The molecule has 0 N–H and O–H groups in total. The molecule has 0 aliphatic carbocycles. The first kappa shape index (κ1) is 14.7. The Balaban J connectivity index is 1.69. The number of rotatable bonds is 4. The van der Waals surface area contributed by atoms with Gasteiger partial charge < -0.3 is 0 Å². The molecule has 1 fully saturated rings. The van der Waals surface area contributed by atoms with E-state index in [1.807, 2.05) is 18.2 Å². The average molecular weight is 300 g/mol. The molecule has 1 aliphatic heterocycles. The summed E-state index contributed by atoms with van der Waals surface area (Å²) in [7, 11) is 0. The number of likely N-dealkylation sites (tertiary alicyclic amines) is 1. The summed E-state index contributed by atoms with van der Waals surface area (Å²) in [6.45, 7) is 2.55. The highest BCUT2D eigenvalue weighted by Gasteiger charge is 2.26. The molecule has 0 amide bonds. The van der Waals surface area contributed by atoms with Crippen LogP contribution in [0, 0.1) is 15.9 Å². The molecule has 0 bridgehead atoms. The fraction of sp³-hybridized carbons (Fsp3) is 0.294. The van der Waals surface area contributed by atoms with Gasteiger partial charge in [0, 0.05) is 25.1 Å². The second-order valence-electron chi connectivity index (χ2n) is 5.67. The maximum absolute atomic E-state index is 14.1. The van der Waals surface area contributed by atoms with E-state index in [1.165, 1.54) is 11.6 Å².